The smallest absolute Gasteiger partial charge is 0.110 e. The van der Waals surface area contributed by atoms with Gasteiger partial charge in [-0.25, -0.2) is 4.98 Å². The van der Waals surface area contributed by atoms with Gasteiger partial charge in [-0.2, -0.15) is 0 Å². The second kappa shape index (κ2) is 7.41. The molecule has 1 aromatic carbocycles. The van der Waals surface area contributed by atoms with Crippen molar-refractivity contribution >= 4 is 27.0 Å². The topological polar surface area (TPSA) is 43.8 Å². The van der Waals surface area contributed by atoms with Gasteiger partial charge in [0.15, 0.2) is 0 Å². The Morgan fingerprint density at radius 3 is 2.67 bits per heavy atom. The maximum atomic E-state index is 5.70. The first-order valence-corrected chi connectivity index (χ1v) is 8.72. The minimum atomic E-state index is 0.431. The van der Waals surface area contributed by atoms with Crippen LogP contribution in [0.15, 0.2) is 22.7 Å². The lowest BCUT2D eigenvalue weighted by Crippen LogP contribution is -2.12. The molecule has 1 heterocycles. The van der Waals surface area contributed by atoms with E-state index in [4.69, 9.17) is 10.7 Å². The summed E-state index contributed by atoms with van der Waals surface area (Å²) in [6.07, 6.45) is 4.52. The van der Waals surface area contributed by atoms with Crippen molar-refractivity contribution in [2.75, 3.05) is 6.54 Å². The van der Waals surface area contributed by atoms with Crippen LogP contribution in [0, 0.1) is 5.92 Å². The second-order valence-electron chi connectivity index (χ2n) is 6.02. The van der Waals surface area contributed by atoms with E-state index in [0.29, 0.717) is 12.0 Å². The van der Waals surface area contributed by atoms with E-state index in [1.165, 1.54) is 24.2 Å². The SMILES string of the molecule is CCC(CCN)CCc1nc2cc(Br)ccc2n1C(C)C. The summed E-state index contributed by atoms with van der Waals surface area (Å²) in [5, 5.41) is 0. The third-order valence-electron chi connectivity index (χ3n) is 4.17. The number of imidazole rings is 1. The van der Waals surface area contributed by atoms with Crippen LogP contribution in [0.3, 0.4) is 0 Å². The van der Waals surface area contributed by atoms with E-state index < -0.39 is 0 Å². The predicted octanol–water partition coefficient (Wildman–Crippen LogP) is 4.69. The summed E-state index contributed by atoms with van der Waals surface area (Å²) in [4.78, 5) is 4.86. The van der Waals surface area contributed by atoms with E-state index in [2.05, 4.69) is 59.5 Å². The molecule has 116 valence electrons. The maximum Gasteiger partial charge on any atom is 0.110 e. The first-order valence-electron chi connectivity index (χ1n) is 7.93. The van der Waals surface area contributed by atoms with Crippen LogP contribution < -0.4 is 5.73 Å². The van der Waals surface area contributed by atoms with Gasteiger partial charge in [-0.1, -0.05) is 29.3 Å². The van der Waals surface area contributed by atoms with Crippen LogP contribution in [-0.2, 0) is 6.42 Å². The van der Waals surface area contributed by atoms with E-state index in [9.17, 15) is 0 Å². The largest absolute Gasteiger partial charge is 0.330 e. The van der Waals surface area contributed by atoms with Crippen LogP contribution in [0.4, 0.5) is 0 Å². The summed E-state index contributed by atoms with van der Waals surface area (Å²) in [6.45, 7) is 7.49. The third kappa shape index (κ3) is 3.86. The average Bonchev–Trinajstić information content (AvgIpc) is 2.80. The van der Waals surface area contributed by atoms with Crippen molar-refractivity contribution in [3.8, 4) is 0 Å². The molecule has 2 N–H and O–H groups in total. The monoisotopic (exact) mass is 351 g/mol. The van der Waals surface area contributed by atoms with Gasteiger partial charge in [0.05, 0.1) is 11.0 Å². The minimum Gasteiger partial charge on any atom is -0.330 e. The van der Waals surface area contributed by atoms with E-state index in [1.54, 1.807) is 0 Å². The summed E-state index contributed by atoms with van der Waals surface area (Å²) in [6, 6.07) is 6.79. The Bertz CT molecular complexity index is 589. The Morgan fingerprint density at radius 1 is 1.29 bits per heavy atom. The van der Waals surface area contributed by atoms with Gasteiger partial charge in [0.1, 0.15) is 5.82 Å². The molecule has 2 aromatic rings. The molecule has 4 heteroatoms. The summed E-state index contributed by atoms with van der Waals surface area (Å²) in [7, 11) is 0. The number of aromatic nitrogens is 2. The number of rotatable bonds is 7. The van der Waals surface area contributed by atoms with Crippen LogP contribution in [0.5, 0.6) is 0 Å². The molecule has 0 aliphatic rings. The molecule has 21 heavy (non-hydrogen) atoms. The summed E-state index contributed by atoms with van der Waals surface area (Å²) in [5.41, 5.74) is 8.02. The molecule has 0 spiro atoms. The number of benzene rings is 1. The number of nitrogens with two attached hydrogens (primary N) is 1. The first-order chi connectivity index (χ1) is 10.1. The third-order valence-corrected chi connectivity index (χ3v) is 4.66. The molecule has 0 amide bonds. The molecule has 2 rings (SSSR count). The van der Waals surface area contributed by atoms with Gasteiger partial charge in [0.25, 0.3) is 0 Å². The summed E-state index contributed by atoms with van der Waals surface area (Å²) in [5.74, 6) is 1.91. The van der Waals surface area contributed by atoms with Crippen molar-refractivity contribution in [2.45, 2.75) is 52.5 Å². The number of hydrogen-bond donors (Lipinski definition) is 1. The Hall–Kier alpha value is -0.870. The molecule has 0 radical (unpaired) electrons. The van der Waals surface area contributed by atoms with Gasteiger partial charge < -0.3 is 10.3 Å². The molecule has 0 fully saturated rings. The fraction of sp³-hybridized carbons (Fsp3) is 0.588. The highest BCUT2D eigenvalue weighted by Crippen LogP contribution is 2.26. The van der Waals surface area contributed by atoms with E-state index in [1.807, 2.05) is 0 Å². The van der Waals surface area contributed by atoms with Gasteiger partial charge in [-0.3, -0.25) is 0 Å². The van der Waals surface area contributed by atoms with Gasteiger partial charge in [-0.05, 0) is 57.4 Å². The molecule has 1 atom stereocenters. The Labute approximate surface area is 136 Å². The second-order valence-corrected chi connectivity index (χ2v) is 6.93. The maximum absolute atomic E-state index is 5.70. The highest BCUT2D eigenvalue weighted by molar-refractivity contribution is 9.10. The standard InChI is InChI=1S/C17H26BrN3/c1-4-13(9-10-19)5-8-17-20-15-11-14(18)6-7-16(15)21(17)12(2)3/h6-7,11-13H,4-5,8-10,19H2,1-3H3. The van der Waals surface area contributed by atoms with Gasteiger partial charge in [0, 0.05) is 16.9 Å². The fourth-order valence-electron chi connectivity index (χ4n) is 3.00. The number of halogens is 1. The first kappa shape index (κ1) is 16.5. The van der Waals surface area contributed by atoms with E-state index in [-0.39, 0.29) is 0 Å². The average molecular weight is 352 g/mol. The van der Waals surface area contributed by atoms with Crippen LogP contribution in [0.25, 0.3) is 11.0 Å². The van der Waals surface area contributed by atoms with Crippen LogP contribution >= 0.6 is 15.9 Å². The molecule has 0 saturated carbocycles. The Morgan fingerprint density at radius 2 is 2.05 bits per heavy atom. The molecule has 0 bridgehead atoms. The lowest BCUT2D eigenvalue weighted by molar-refractivity contribution is 0.432. The predicted molar refractivity (Wildman–Crippen MR) is 93.6 cm³/mol. The highest BCUT2D eigenvalue weighted by atomic mass is 79.9. The summed E-state index contributed by atoms with van der Waals surface area (Å²) < 4.78 is 3.46. The molecule has 0 aliphatic heterocycles. The number of hydrogen-bond acceptors (Lipinski definition) is 2. The fourth-order valence-corrected chi connectivity index (χ4v) is 3.34. The van der Waals surface area contributed by atoms with Crippen molar-refractivity contribution in [1.29, 1.82) is 0 Å². The van der Waals surface area contributed by atoms with E-state index >= 15 is 0 Å². The normalized spacial score (nSPS) is 13.2. The van der Waals surface area contributed by atoms with Crippen molar-refractivity contribution < 1.29 is 0 Å². The van der Waals surface area contributed by atoms with Crippen LogP contribution in [0.2, 0.25) is 0 Å². The van der Waals surface area contributed by atoms with Gasteiger partial charge in [-0.15, -0.1) is 0 Å². The highest BCUT2D eigenvalue weighted by Gasteiger charge is 2.15. The van der Waals surface area contributed by atoms with Crippen molar-refractivity contribution in [3.63, 3.8) is 0 Å². The lowest BCUT2D eigenvalue weighted by Gasteiger charge is -2.16. The molecule has 1 unspecified atom stereocenters. The molecule has 1 aromatic heterocycles. The van der Waals surface area contributed by atoms with Crippen molar-refractivity contribution in [1.82, 2.24) is 9.55 Å². The molecular weight excluding hydrogens is 326 g/mol. The number of fused-ring (bicyclic) bond motifs is 1. The van der Waals surface area contributed by atoms with Crippen LogP contribution in [-0.4, -0.2) is 16.1 Å². The van der Waals surface area contributed by atoms with Gasteiger partial charge in [0.2, 0.25) is 0 Å². The molecule has 0 aliphatic carbocycles. The number of nitrogens with zero attached hydrogens (tertiary/aromatic N) is 2. The zero-order valence-electron chi connectivity index (χ0n) is 13.3. The van der Waals surface area contributed by atoms with Crippen molar-refractivity contribution in [2.24, 2.45) is 11.7 Å². The molecule has 0 saturated heterocycles. The van der Waals surface area contributed by atoms with Crippen molar-refractivity contribution in [3.05, 3.63) is 28.5 Å². The molecular formula is C17H26BrN3. The lowest BCUT2D eigenvalue weighted by atomic mass is 9.96. The Balaban J connectivity index is 2.27. The summed E-state index contributed by atoms with van der Waals surface area (Å²) >= 11 is 3.53. The minimum absolute atomic E-state index is 0.431. The zero-order chi connectivity index (χ0) is 15.4. The van der Waals surface area contributed by atoms with Gasteiger partial charge >= 0.3 is 0 Å². The quantitative estimate of drug-likeness (QED) is 0.786. The van der Waals surface area contributed by atoms with E-state index in [0.717, 1.165) is 29.4 Å². The number of aryl methyl sites for hydroxylation is 1. The zero-order valence-corrected chi connectivity index (χ0v) is 14.9. The van der Waals surface area contributed by atoms with Crippen LogP contribution in [0.1, 0.15) is 51.9 Å². The molecule has 3 nitrogen and oxygen atoms in total. The Kier molecular flexibility index (Phi) is 5.82.